The van der Waals surface area contributed by atoms with Crippen molar-refractivity contribution in [2.45, 2.75) is 6.54 Å². The van der Waals surface area contributed by atoms with Gasteiger partial charge in [0.15, 0.2) is 5.82 Å². The summed E-state index contributed by atoms with van der Waals surface area (Å²) in [5, 5.41) is 6.43. The van der Waals surface area contributed by atoms with Gasteiger partial charge in [-0.2, -0.15) is 0 Å². The molecule has 0 amide bonds. The topological polar surface area (TPSA) is 83.8 Å². The van der Waals surface area contributed by atoms with E-state index in [1.165, 1.54) is 6.20 Å². The first-order valence-corrected chi connectivity index (χ1v) is 10.3. The normalized spacial score (nSPS) is 14.3. The molecular weight excluding hydrogens is 431 g/mol. The Balaban J connectivity index is 0.00000245. The molecule has 0 aromatic carbocycles. The predicted molar refractivity (Wildman–Crippen MR) is 125 cm³/mol. The van der Waals surface area contributed by atoms with Gasteiger partial charge in [0.05, 0.1) is 17.2 Å². The van der Waals surface area contributed by atoms with Crippen molar-refractivity contribution in [2.24, 2.45) is 7.05 Å². The van der Waals surface area contributed by atoms with Crippen LogP contribution in [0.2, 0.25) is 0 Å². The maximum Gasteiger partial charge on any atom is 0.229 e. The standard InChI is InChI=1S/C22H23FN8.ClH/c1-30-14-16(21-18(30)3-2-6-25-21)20-17(23)12-27-22(29-20)28-19-5-4-15(11-26-19)13-31-9-7-24-8-10-31;/h2-6,11-12,14,24H,7-10,13H2,1H3,(H,26,27,28,29);1H. The van der Waals surface area contributed by atoms with Gasteiger partial charge < -0.3 is 15.2 Å². The zero-order valence-corrected chi connectivity index (χ0v) is 18.4. The number of nitrogens with zero attached hydrogens (tertiary/aromatic N) is 6. The van der Waals surface area contributed by atoms with Crippen LogP contribution in [0.5, 0.6) is 0 Å². The van der Waals surface area contributed by atoms with E-state index >= 15 is 0 Å². The van der Waals surface area contributed by atoms with Crippen LogP contribution in [0.25, 0.3) is 22.3 Å². The van der Waals surface area contributed by atoms with Crippen molar-refractivity contribution in [3.05, 3.63) is 60.4 Å². The van der Waals surface area contributed by atoms with Gasteiger partial charge in [-0.3, -0.25) is 9.88 Å². The van der Waals surface area contributed by atoms with Crippen LogP contribution in [0, 0.1) is 5.82 Å². The SMILES string of the molecule is Cl.Cn1cc(-c2nc(Nc3ccc(CN4CCNCC4)cn3)ncc2F)c2ncccc21. The van der Waals surface area contributed by atoms with Crippen LogP contribution in [0.15, 0.2) is 49.1 Å². The van der Waals surface area contributed by atoms with E-state index < -0.39 is 5.82 Å². The highest BCUT2D eigenvalue weighted by atomic mass is 35.5. The number of hydrogen-bond acceptors (Lipinski definition) is 7. The van der Waals surface area contributed by atoms with E-state index in [-0.39, 0.29) is 24.0 Å². The molecule has 32 heavy (non-hydrogen) atoms. The molecule has 4 aromatic rings. The first-order chi connectivity index (χ1) is 15.2. The van der Waals surface area contributed by atoms with E-state index in [9.17, 15) is 4.39 Å². The lowest BCUT2D eigenvalue weighted by Crippen LogP contribution is -2.42. The molecule has 1 aliphatic heterocycles. The highest BCUT2D eigenvalue weighted by Gasteiger charge is 2.17. The summed E-state index contributed by atoms with van der Waals surface area (Å²) >= 11 is 0. The highest BCUT2D eigenvalue weighted by Crippen LogP contribution is 2.29. The van der Waals surface area contributed by atoms with E-state index in [2.05, 4.69) is 35.5 Å². The van der Waals surface area contributed by atoms with E-state index in [4.69, 9.17) is 0 Å². The van der Waals surface area contributed by atoms with Gasteiger partial charge in [-0.05, 0) is 23.8 Å². The molecule has 0 radical (unpaired) electrons. The van der Waals surface area contributed by atoms with Gasteiger partial charge in [-0.1, -0.05) is 6.07 Å². The molecule has 0 spiro atoms. The largest absolute Gasteiger partial charge is 0.349 e. The lowest BCUT2D eigenvalue weighted by Gasteiger charge is -2.27. The monoisotopic (exact) mass is 454 g/mol. The molecule has 8 nitrogen and oxygen atoms in total. The van der Waals surface area contributed by atoms with Crippen LogP contribution in [-0.2, 0) is 13.6 Å². The maximum absolute atomic E-state index is 14.6. The predicted octanol–water partition coefficient (Wildman–Crippen LogP) is 3.14. The van der Waals surface area contributed by atoms with E-state index in [1.807, 2.05) is 48.3 Å². The summed E-state index contributed by atoms with van der Waals surface area (Å²) in [4.78, 5) is 19.8. The summed E-state index contributed by atoms with van der Waals surface area (Å²) in [6, 6.07) is 7.72. The summed E-state index contributed by atoms with van der Waals surface area (Å²) in [6.45, 7) is 4.98. The molecule has 5 rings (SSSR count). The van der Waals surface area contributed by atoms with Gasteiger partial charge in [0.25, 0.3) is 0 Å². The minimum absolute atomic E-state index is 0. The van der Waals surface area contributed by atoms with Crippen molar-refractivity contribution >= 4 is 35.2 Å². The second-order valence-electron chi connectivity index (χ2n) is 7.62. The molecular formula is C22H24ClFN8. The van der Waals surface area contributed by atoms with E-state index in [0.717, 1.165) is 43.8 Å². The molecule has 1 saturated heterocycles. The number of halogens is 2. The van der Waals surface area contributed by atoms with Gasteiger partial charge in [0, 0.05) is 63.9 Å². The van der Waals surface area contributed by atoms with Gasteiger partial charge >= 0.3 is 0 Å². The molecule has 1 fully saturated rings. The number of hydrogen-bond donors (Lipinski definition) is 2. The number of aryl methyl sites for hydroxylation is 1. The summed E-state index contributed by atoms with van der Waals surface area (Å²) < 4.78 is 16.5. The van der Waals surface area contributed by atoms with Crippen molar-refractivity contribution in [1.29, 1.82) is 0 Å². The number of anilines is 2. The number of nitrogens with one attached hydrogen (secondary N) is 2. The van der Waals surface area contributed by atoms with E-state index in [1.54, 1.807) is 6.20 Å². The minimum atomic E-state index is -0.497. The van der Waals surface area contributed by atoms with Crippen molar-refractivity contribution in [2.75, 3.05) is 31.5 Å². The smallest absolute Gasteiger partial charge is 0.229 e. The van der Waals surface area contributed by atoms with Gasteiger partial charge in [-0.15, -0.1) is 12.4 Å². The van der Waals surface area contributed by atoms with E-state index in [0.29, 0.717) is 16.9 Å². The lowest BCUT2D eigenvalue weighted by molar-refractivity contribution is 0.233. The lowest BCUT2D eigenvalue weighted by atomic mass is 10.2. The molecule has 0 unspecified atom stereocenters. The number of pyridine rings is 2. The average molecular weight is 455 g/mol. The molecule has 2 N–H and O–H groups in total. The molecule has 4 aromatic heterocycles. The van der Waals surface area contributed by atoms with Crippen LogP contribution >= 0.6 is 12.4 Å². The van der Waals surface area contributed by atoms with Gasteiger partial charge in [-0.25, -0.2) is 19.3 Å². The third kappa shape index (κ3) is 4.55. The number of aromatic nitrogens is 5. The second-order valence-corrected chi connectivity index (χ2v) is 7.62. The third-order valence-electron chi connectivity index (χ3n) is 5.42. The van der Waals surface area contributed by atoms with Crippen LogP contribution in [0.1, 0.15) is 5.56 Å². The van der Waals surface area contributed by atoms with Crippen molar-refractivity contribution in [1.82, 2.24) is 34.7 Å². The molecule has 10 heteroatoms. The van der Waals surface area contributed by atoms with Crippen molar-refractivity contribution in [3.63, 3.8) is 0 Å². The highest BCUT2D eigenvalue weighted by molar-refractivity contribution is 5.92. The summed E-state index contributed by atoms with van der Waals surface area (Å²) in [5.41, 5.74) is 3.59. The third-order valence-corrected chi connectivity index (χ3v) is 5.42. The first kappa shape index (κ1) is 22.1. The van der Waals surface area contributed by atoms with Crippen LogP contribution in [0.4, 0.5) is 16.2 Å². The molecule has 0 aliphatic carbocycles. The Morgan fingerprint density at radius 3 is 2.72 bits per heavy atom. The quantitative estimate of drug-likeness (QED) is 0.479. The Bertz CT molecular complexity index is 1200. The molecule has 0 saturated carbocycles. The number of piperazine rings is 1. The van der Waals surface area contributed by atoms with Gasteiger partial charge in [0.1, 0.15) is 11.5 Å². The van der Waals surface area contributed by atoms with Crippen molar-refractivity contribution in [3.8, 4) is 11.3 Å². The minimum Gasteiger partial charge on any atom is -0.349 e. The molecule has 0 atom stereocenters. The Morgan fingerprint density at radius 1 is 1.09 bits per heavy atom. The zero-order valence-electron chi connectivity index (χ0n) is 17.6. The molecule has 0 bridgehead atoms. The number of fused-ring (bicyclic) bond motifs is 1. The number of rotatable bonds is 5. The van der Waals surface area contributed by atoms with Crippen molar-refractivity contribution < 1.29 is 4.39 Å². The molecule has 5 heterocycles. The summed E-state index contributed by atoms with van der Waals surface area (Å²) in [6.07, 6.45) is 6.54. The Labute approximate surface area is 191 Å². The second kappa shape index (κ2) is 9.56. The summed E-state index contributed by atoms with van der Waals surface area (Å²) in [5.74, 6) is 0.396. The van der Waals surface area contributed by atoms with Crippen LogP contribution in [0.3, 0.4) is 0 Å². The average Bonchev–Trinajstić information content (AvgIpc) is 3.14. The fraction of sp³-hybridized carbons (Fsp3) is 0.273. The zero-order chi connectivity index (χ0) is 21.2. The van der Waals surface area contributed by atoms with Gasteiger partial charge in [0.2, 0.25) is 5.95 Å². The van der Waals surface area contributed by atoms with Crippen LogP contribution in [-0.4, -0.2) is 55.6 Å². The Hall–Kier alpha value is -3.14. The fourth-order valence-corrected chi connectivity index (χ4v) is 3.84. The first-order valence-electron chi connectivity index (χ1n) is 10.3. The maximum atomic E-state index is 14.6. The Morgan fingerprint density at radius 2 is 1.94 bits per heavy atom. The summed E-state index contributed by atoms with van der Waals surface area (Å²) in [7, 11) is 1.90. The molecule has 1 aliphatic rings. The Kier molecular flexibility index (Phi) is 6.59. The molecule has 166 valence electrons. The van der Waals surface area contributed by atoms with Crippen LogP contribution < -0.4 is 10.6 Å². The fourth-order valence-electron chi connectivity index (χ4n) is 3.84.